The molecule has 0 atom stereocenters. The van der Waals surface area contributed by atoms with Crippen LogP contribution < -0.4 is 10.6 Å². The van der Waals surface area contributed by atoms with Crippen LogP contribution in [0.2, 0.25) is 0 Å². The van der Waals surface area contributed by atoms with E-state index < -0.39 is 0 Å². The standard InChI is InChI=1S/C22H34N6O/c1-18-26-27-20(28(18)2)16-24-21(23-15-19-9-5-3-6-10-19)25-17-22(13-14-29)11-7-4-8-12-22/h3,5-6,9-10,29H,4,7-8,11-17H2,1-2H3,(H2,23,24,25). The molecule has 1 heterocycles. The molecule has 1 saturated carbocycles. The third-order valence-electron chi connectivity index (χ3n) is 6.05. The number of hydrogen-bond acceptors (Lipinski definition) is 4. The number of nitrogens with one attached hydrogen (secondary N) is 2. The smallest absolute Gasteiger partial charge is 0.191 e. The molecular weight excluding hydrogens is 364 g/mol. The first-order chi connectivity index (χ1) is 14.1. The van der Waals surface area contributed by atoms with E-state index in [9.17, 15) is 5.11 Å². The van der Waals surface area contributed by atoms with Gasteiger partial charge in [0.1, 0.15) is 5.82 Å². The zero-order valence-corrected chi connectivity index (χ0v) is 17.7. The number of guanidine groups is 1. The van der Waals surface area contributed by atoms with Gasteiger partial charge in [-0.1, -0.05) is 49.6 Å². The van der Waals surface area contributed by atoms with Crippen molar-refractivity contribution >= 4 is 5.96 Å². The number of aliphatic hydroxyl groups excluding tert-OH is 1. The number of rotatable bonds is 8. The first kappa shape index (κ1) is 21.3. The van der Waals surface area contributed by atoms with Crippen LogP contribution in [0.5, 0.6) is 0 Å². The number of aromatic nitrogens is 3. The van der Waals surface area contributed by atoms with Crippen molar-refractivity contribution in [3.05, 3.63) is 47.5 Å². The first-order valence-electron chi connectivity index (χ1n) is 10.6. The molecule has 1 aliphatic rings. The largest absolute Gasteiger partial charge is 0.396 e. The van der Waals surface area contributed by atoms with Crippen molar-refractivity contribution in [2.45, 2.75) is 58.5 Å². The lowest BCUT2D eigenvalue weighted by Gasteiger charge is -2.37. The van der Waals surface area contributed by atoms with Gasteiger partial charge in [-0.25, -0.2) is 4.99 Å². The van der Waals surface area contributed by atoms with Crippen molar-refractivity contribution in [2.75, 3.05) is 13.2 Å². The molecule has 29 heavy (non-hydrogen) atoms. The summed E-state index contributed by atoms with van der Waals surface area (Å²) in [4.78, 5) is 4.80. The fraction of sp³-hybridized carbons (Fsp3) is 0.591. The number of benzene rings is 1. The molecule has 3 N–H and O–H groups in total. The second-order valence-corrected chi connectivity index (χ2v) is 8.11. The van der Waals surface area contributed by atoms with Crippen LogP contribution in [0.1, 0.15) is 55.7 Å². The van der Waals surface area contributed by atoms with Gasteiger partial charge >= 0.3 is 0 Å². The zero-order valence-electron chi connectivity index (χ0n) is 17.7. The Labute approximate surface area is 173 Å². The number of hydrogen-bond donors (Lipinski definition) is 3. The molecule has 1 aliphatic carbocycles. The van der Waals surface area contributed by atoms with Crippen LogP contribution in [0.15, 0.2) is 35.3 Å². The number of aliphatic hydroxyl groups is 1. The summed E-state index contributed by atoms with van der Waals surface area (Å²) in [5, 5.41) is 24.9. The fourth-order valence-electron chi connectivity index (χ4n) is 4.02. The third-order valence-corrected chi connectivity index (χ3v) is 6.05. The van der Waals surface area contributed by atoms with Crippen molar-refractivity contribution in [1.29, 1.82) is 0 Å². The summed E-state index contributed by atoms with van der Waals surface area (Å²) < 4.78 is 1.98. The second kappa shape index (κ2) is 10.4. The Morgan fingerprint density at radius 2 is 1.90 bits per heavy atom. The summed E-state index contributed by atoms with van der Waals surface area (Å²) in [5.41, 5.74) is 1.33. The minimum Gasteiger partial charge on any atom is -0.396 e. The quantitative estimate of drug-likeness (QED) is 0.470. The summed E-state index contributed by atoms with van der Waals surface area (Å²) >= 11 is 0. The maximum Gasteiger partial charge on any atom is 0.191 e. The highest BCUT2D eigenvalue weighted by Gasteiger charge is 2.31. The summed E-state index contributed by atoms with van der Waals surface area (Å²) in [6.45, 7) is 4.18. The van der Waals surface area contributed by atoms with Crippen molar-refractivity contribution in [1.82, 2.24) is 25.4 Å². The van der Waals surface area contributed by atoms with Crippen molar-refractivity contribution in [2.24, 2.45) is 17.5 Å². The van der Waals surface area contributed by atoms with Crippen molar-refractivity contribution in [3.63, 3.8) is 0 Å². The molecule has 2 aromatic rings. The molecule has 0 amide bonds. The van der Waals surface area contributed by atoms with Gasteiger partial charge in [0.15, 0.2) is 11.8 Å². The van der Waals surface area contributed by atoms with Crippen LogP contribution in [-0.2, 0) is 20.1 Å². The zero-order chi connectivity index (χ0) is 20.5. The second-order valence-electron chi connectivity index (χ2n) is 8.11. The predicted molar refractivity (Wildman–Crippen MR) is 115 cm³/mol. The molecule has 1 fully saturated rings. The van der Waals surface area contributed by atoms with Gasteiger partial charge in [-0.3, -0.25) is 0 Å². The molecule has 7 nitrogen and oxygen atoms in total. The van der Waals surface area contributed by atoms with E-state index in [2.05, 4.69) is 33.0 Å². The van der Waals surface area contributed by atoms with Gasteiger partial charge in [0.2, 0.25) is 0 Å². The van der Waals surface area contributed by atoms with E-state index in [0.29, 0.717) is 13.1 Å². The van der Waals surface area contributed by atoms with Gasteiger partial charge in [0.25, 0.3) is 0 Å². The van der Waals surface area contributed by atoms with Crippen LogP contribution >= 0.6 is 0 Å². The molecular formula is C22H34N6O. The number of aliphatic imine (C=N–C) groups is 1. The summed E-state index contributed by atoms with van der Waals surface area (Å²) in [5.74, 6) is 2.54. The molecule has 0 radical (unpaired) electrons. The van der Waals surface area contributed by atoms with Crippen molar-refractivity contribution in [3.8, 4) is 0 Å². The van der Waals surface area contributed by atoms with E-state index in [0.717, 1.165) is 43.4 Å². The Hall–Kier alpha value is -2.41. The maximum atomic E-state index is 9.59. The van der Waals surface area contributed by atoms with Crippen LogP contribution in [0.25, 0.3) is 0 Å². The highest BCUT2D eigenvalue weighted by molar-refractivity contribution is 5.79. The molecule has 3 rings (SSSR count). The van der Waals surface area contributed by atoms with Crippen LogP contribution in [0.4, 0.5) is 0 Å². The van der Waals surface area contributed by atoms with E-state index in [-0.39, 0.29) is 12.0 Å². The monoisotopic (exact) mass is 398 g/mol. The Kier molecular flexibility index (Phi) is 7.63. The van der Waals surface area contributed by atoms with E-state index in [4.69, 9.17) is 4.99 Å². The topological polar surface area (TPSA) is 87.4 Å². The molecule has 0 spiro atoms. The maximum absolute atomic E-state index is 9.59. The highest BCUT2D eigenvalue weighted by Crippen LogP contribution is 2.38. The Bertz CT molecular complexity index is 774. The van der Waals surface area contributed by atoms with E-state index in [1.165, 1.54) is 24.8 Å². The molecule has 0 bridgehead atoms. The molecule has 0 unspecified atom stereocenters. The van der Waals surface area contributed by atoms with Crippen LogP contribution in [0, 0.1) is 12.3 Å². The first-order valence-corrected chi connectivity index (χ1v) is 10.6. The predicted octanol–water partition coefficient (Wildman–Crippen LogP) is 2.69. The minimum absolute atomic E-state index is 0.156. The SMILES string of the molecule is Cc1nnc(CNC(=NCc2ccccc2)NCC2(CCO)CCCCC2)n1C. The van der Waals surface area contributed by atoms with Crippen LogP contribution in [0.3, 0.4) is 0 Å². The summed E-state index contributed by atoms with van der Waals surface area (Å²) in [7, 11) is 1.97. The van der Waals surface area contributed by atoms with Gasteiger partial charge in [-0.2, -0.15) is 0 Å². The normalized spacial score (nSPS) is 16.6. The Balaban J connectivity index is 1.68. The van der Waals surface area contributed by atoms with Gasteiger partial charge in [0.05, 0.1) is 13.1 Å². The summed E-state index contributed by atoms with van der Waals surface area (Å²) in [6.07, 6.45) is 6.94. The van der Waals surface area contributed by atoms with Gasteiger partial charge in [0, 0.05) is 20.2 Å². The van der Waals surface area contributed by atoms with Gasteiger partial charge < -0.3 is 20.3 Å². The molecule has 1 aromatic carbocycles. The third kappa shape index (κ3) is 6.03. The lowest BCUT2D eigenvalue weighted by atomic mass is 9.72. The van der Waals surface area contributed by atoms with Gasteiger partial charge in [-0.05, 0) is 37.2 Å². The van der Waals surface area contributed by atoms with E-state index >= 15 is 0 Å². The Morgan fingerprint density at radius 1 is 1.14 bits per heavy atom. The molecule has 1 aromatic heterocycles. The lowest BCUT2D eigenvalue weighted by molar-refractivity contribution is 0.131. The number of nitrogens with zero attached hydrogens (tertiary/aromatic N) is 4. The lowest BCUT2D eigenvalue weighted by Crippen LogP contribution is -2.45. The average Bonchev–Trinajstić information content (AvgIpc) is 3.07. The minimum atomic E-state index is 0.156. The molecule has 158 valence electrons. The van der Waals surface area contributed by atoms with E-state index in [1.807, 2.05) is 36.7 Å². The molecule has 0 saturated heterocycles. The molecule has 7 heteroatoms. The highest BCUT2D eigenvalue weighted by atomic mass is 16.3. The van der Waals surface area contributed by atoms with Crippen molar-refractivity contribution < 1.29 is 5.11 Å². The summed E-state index contributed by atoms with van der Waals surface area (Å²) in [6, 6.07) is 10.3. The average molecular weight is 399 g/mol. The van der Waals surface area contributed by atoms with Gasteiger partial charge in [-0.15, -0.1) is 10.2 Å². The van der Waals surface area contributed by atoms with Crippen LogP contribution in [-0.4, -0.2) is 39.0 Å². The Morgan fingerprint density at radius 3 is 2.55 bits per heavy atom. The molecule has 0 aliphatic heterocycles. The fourth-order valence-corrected chi connectivity index (χ4v) is 4.02. The van der Waals surface area contributed by atoms with E-state index in [1.54, 1.807) is 0 Å². The number of aryl methyl sites for hydroxylation is 1.